The number of carbonyl (C=O) groups excluding carboxylic acids is 1. The Bertz CT molecular complexity index is 1210. The zero-order valence-electron chi connectivity index (χ0n) is 21.4. The first-order chi connectivity index (χ1) is 16.6. The van der Waals surface area contributed by atoms with Crippen LogP contribution in [-0.2, 0) is 0 Å². The third-order valence-corrected chi connectivity index (χ3v) is 7.16. The van der Waals surface area contributed by atoms with Crippen molar-refractivity contribution in [2.75, 3.05) is 38.6 Å². The van der Waals surface area contributed by atoms with Crippen molar-refractivity contribution < 1.29 is 9.90 Å². The number of rotatable bonds is 7. The molecule has 35 heavy (non-hydrogen) atoms. The molecule has 6 heteroatoms. The van der Waals surface area contributed by atoms with Gasteiger partial charge in [-0.25, -0.2) is 0 Å². The summed E-state index contributed by atoms with van der Waals surface area (Å²) in [5.74, 6) is 1.21. The molecule has 0 atom stereocenters. The summed E-state index contributed by atoms with van der Waals surface area (Å²) in [5.41, 5.74) is 5.25. The molecule has 0 aliphatic carbocycles. The number of phenolic OH excluding ortho intramolecular Hbond substituents is 1. The second-order valence-electron chi connectivity index (χ2n) is 10.6. The van der Waals surface area contributed by atoms with Gasteiger partial charge in [-0.1, -0.05) is 31.5 Å². The van der Waals surface area contributed by atoms with Gasteiger partial charge in [0.15, 0.2) is 5.78 Å². The highest BCUT2D eigenvalue weighted by Crippen LogP contribution is 2.38. The molecule has 0 bridgehead atoms. The van der Waals surface area contributed by atoms with Crippen LogP contribution >= 0.6 is 11.6 Å². The number of carbonyl (C=O) groups is 1. The first-order valence-corrected chi connectivity index (χ1v) is 12.9. The summed E-state index contributed by atoms with van der Waals surface area (Å²) in [6, 6.07) is 9.90. The van der Waals surface area contributed by atoms with Crippen LogP contribution < -0.4 is 4.90 Å². The number of anilines is 1. The van der Waals surface area contributed by atoms with E-state index in [9.17, 15) is 9.90 Å². The SMILES string of the molecule is Cc1cc(-c2ccc3ncc(C(=O)CC(C)C)c(N4CCC(CN(C)C)CC4)c3c2)cc(Cl)c1O. The number of nitrogens with zero attached hydrogens (tertiary/aromatic N) is 3. The lowest BCUT2D eigenvalue weighted by Crippen LogP contribution is -2.38. The fourth-order valence-corrected chi connectivity index (χ4v) is 5.41. The van der Waals surface area contributed by atoms with Gasteiger partial charge in [-0.15, -0.1) is 0 Å². The number of pyridine rings is 1. The summed E-state index contributed by atoms with van der Waals surface area (Å²) in [7, 11) is 4.26. The largest absolute Gasteiger partial charge is 0.506 e. The van der Waals surface area contributed by atoms with Crippen LogP contribution in [0.2, 0.25) is 5.02 Å². The molecule has 0 amide bonds. The molecule has 1 N–H and O–H groups in total. The second-order valence-corrected chi connectivity index (χ2v) is 11.0. The number of phenols is 1. The Balaban J connectivity index is 1.81. The van der Waals surface area contributed by atoms with Gasteiger partial charge in [0.2, 0.25) is 0 Å². The van der Waals surface area contributed by atoms with Crippen molar-refractivity contribution in [2.24, 2.45) is 11.8 Å². The summed E-state index contributed by atoms with van der Waals surface area (Å²) in [4.78, 5) is 22.7. The number of halogens is 1. The molecule has 1 aliphatic rings. The van der Waals surface area contributed by atoms with Crippen molar-refractivity contribution in [1.29, 1.82) is 0 Å². The third kappa shape index (κ3) is 5.62. The molecular formula is C29H36ClN3O2. The fraction of sp³-hybridized carbons (Fsp3) is 0.448. The number of Topliss-reactive ketones (excluding diaryl/α,β-unsaturated/α-hetero) is 1. The van der Waals surface area contributed by atoms with E-state index in [2.05, 4.69) is 48.8 Å². The molecular weight excluding hydrogens is 458 g/mol. The number of hydrogen-bond acceptors (Lipinski definition) is 5. The average molecular weight is 494 g/mol. The zero-order valence-corrected chi connectivity index (χ0v) is 22.2. The predicted octanol–water partition coefficient (Wildman–Crippen LogP) is 6.58. The van der Waals surface area contributed by atoms with Gasteiger partial charge in [-0.05, 0) is 86.7 Å². The lowest BCUT2D eigenvalue weighted by molar-refractivity contribution is 0.0968. The van der Waals surface area contributed by atoms with Gasteiger partial charge in [0.25, 0.3) is 0 Å². The predicted molar refractivity (Wildman–Crippen MR) is 146 cm³/mol. The Kier molecular flexibility index (Phi) is 7.67. The lowest BCUT2D eigenvalue weighted by atomic mass is 9.92. The highest BCUT2D eigenvalue weighted by Gasteiger charge is 2.26. The quantitative estimate of drug-likeness (QED) is 0.377. The molecule has 5 nitrogen and oxygen atoms in total. The van der Waals surface area contributed by atoms with Crippen LogP contribution in [0.25, 0.3) is 22.0 Å². The van der Waals surface area contributed by atoms with E-state index in [0.717, 1.165) is 65.8 Å². The topological polar surface area (TPSA) is 56.7 Å². The minimum absolute atomic E-state index is 0.112. The van der Waals surface area contributed by atoms with Gasteiger partial charge in [0, 0.05) is 37.6 Å². The Hall–Kier alpha value is -2.63. The normalized spacial score (nSPS) is 14.9. The van der Waals surface area contributed by atoms with Crippen LogP contribution in [0.1, 0.15) is 49.0 Å². The molecule has 4 rings (SSSR count). The van der Waals surface area contributed by atoms with E-state index in [-0.39, 0.29) is 17.5 Å². The Morgan fingerprint density at radius 1 is 1.17 bits per heavy atom. The van der Waals surface area contributed by atoms with Crippen LogP contribution in [0.4, 0.5) is 5.69 Å². The maximum Gasteiger partial charge on any atom is 0.166 e. The Morgan fingerprint density at radius 3 is 2.51 bits per heavy atom. The highest BCUT2D eigenvalue weighted by atomic mass is 35.5. The summed E-state index contributed by atoms with van der Waals surface area (Å²) in [5, 5.41) is 11.4. The van der Waals surface area contributed by atoms with Gasteiger partial charge in [0.1, 0.15) is 5.75 Å². The summed E-state index contributed by atoms with van der Waals surface area (Å²) in [6.45, 7) is 8.94. The van der Waals surface area contributed by atoms with Crippen LogP contribution in [0.5, 0.6) is 5.75 Å². The molecule has 1 aliphatic heterocycles. The summed E-state index contributed by atoms with van der Waals surface area (Å²) < 4.78 is 0. The fourth-order valence-electron chi connectivity index (χ4n) is 5.14. The van der Waals surface area contributed by atoms with Gasteiger partial charge < -0.3 is 14.9 Å². The molecule has 0 radical (unpaired) electrons. The highest BCUT2D eigenvalue weighted by molar-refractivity contribution is 6.32. The zero-order chi connectivity index (χ0) is 25.3. The van der Waals surface area contributed by atoms with Crippen LogP contribution in [0.3, 0.4) is 0 Å². The average Bonchev–Trinajstić information content (AvgIpc) is 2.81. The number of aromatic nitrogens is 1. The summed E-state index contributed by atoms with van der Waals surface area (Å²) in [6.07, 6.45) is 4.48. The number of hydrogen-bond donors (Lipinski definition) is 1. The van der Waals surface area contributed by atoms with Crippen LogP contribution in [0.15, 0.2) is 36.5 Å². The van der Waals surface area contributed by atoms with Crippen molar-refractivity contribution in [3.63, 3.8) is 0 Å². The number of aromatic hydroxyl groups is 1. The molecule has 0 unspecified atom stereocenters. The van der Waals surface area contributed by atoms with Crippen molar-refractivity contribution in [2.45, 2.75) is 40.0 Å². The minimum Gasteiger partial charge on any atom is -0.506 e. The molecule has 1 fully saturated rings. The van der Waals surface area contributed by atoms with Gasteiger partial charge in [0.05, 0.1) is 21.8 Å². The maximum atomic E-state index is 13.3. The molecule has 0 spiro atoms. The van der Waals surface area contributed by atoms with E-state index in [0.29, 0.717) is 22.9 Å². The standard InChI is InChI=1S/C29H36ClN3O2/c1-18(2)12-27(34)24-16-31-26-7-6-21(22-13-19(3)29(35)25(30)15-22)14-23(26)28(24)33-10-8-20(9-11-33)17-32(4)5/h6-7,13-16,18,20,35H,8-12,17H2,1-5H3. The molecule has 2 heterocycles. The Morgan fingerprint density at radius 2 is 1.89 bits per heavy atom. The maximum absolute atomic E-state index is 13.3. The van der Waals surface area contributed by atoms with Crippen molar-refractivity contribution in [1.82, 2.24) is 9.88 Å². The first kappa shape index (κ1) is 25.5. The van der Waals surface area contributed by atoms with Crippen molar-refractivity contribution in [3.8, 4) is 16.9 Å². The van der Waals surface area contributed by atoms with Crippen LogP contribution in [0, 0.1) is 18.8 Å². The lowest BCUT2D eigenvalue weighted by Gasteiger charge is -2.36. The van der Waals surface area contributed by atoms with Gasteiger partial charge in [-0.3, -0.25) is 9.78 Å². The smallest absolute Gasteiger partial charge is 0.166 e. The van der Waals surface area contributed by atoms with E-state index in [1.807, 2.05) is 25.1 Å². The van der Waals surface area contributed by atoms with Gasteiger partial charge in [-0.2, -0.15) is 0 Å². The number of benzene rings is 2. The molecule has 1 saturated heterocycles. The first-order valence-electron chi connectivity index (χ1n) is 12.5. The van der Waals surface area contributed by atoms with E-state index < -0.39 is 0 Å². The minimum atomic E-state index is 0.112. The Labute approximate surface area is 213 Å². The van der Waals surface area contributed by atoms with E-state index >= 15 is 0 Å². The van der Waals surface area contributed by atoms with Gasteiger partial charge >= 0.3 is 0 Å². The number of aryl methyl sites for hydroxylation is 1. The molecule has 0 saturated carbocycles. The molecule has 1 aromatic heterocycles. The van der Waals surface area contributed by atoms with E-state index in [1.54, 1.807) is 12.3 Å². The van der Waals surface area contributed by atoms with Crippen molar-refractivity contribution in [3.05, 3.63) is 52.7 Å². The third-order valence-electron chi connectivity index (χ3n) is 6.87. The molecule has 3 aromatic rings. The second kappa shape index (κ2) is 10.5. The monoisotopic (exact) mass is 493 g/mol. The van der Waals surface area contributed by atoms with E-state index in [4.69, 9.17) is 11.6 Å². The summed E-state index contributed by atoms with van der Waals surface area (Å²) >= 11 is 6.29. The number of fused-ring (bicyclic) bond motifs is 1. The molecule has 2 aromatic carbocycles. The number of ketones is 1. The molecule has 186 valence electrons. The van der Waals surface area contributed by atoms with Crippen LogP contribution in [-0.4, -0.2) is 54.5 Å². The number of piperidine rings is 1. The van der Waals surface area contributed by atoms with E-state index in [1.165, 1.54) is 0 Å². The van der Waals surface area contributed by atoms with Crippen molar-refractivity contribution >= 4 is 34.0 Å².